The van der Waals surface area contributed by atoms with Gasteiger partial charge in [0.05, 0.1) is 0 Å². The van der Waals surface area contributed by atoms with Crippen LogP contribution in [-0.2, 0) is 12.0 Å². The van der Waals surface area contributed by atoms with Gasteiger partial charge in [-0.15, -0.1) is 24.0 Å². The Hall–Kier alpha value is -1.56. The number of hydrogen-bond donors (Lipinski definition) is 1. The summed E-state index contributed by atoms with van der Waals surface area (Å²) in [7, 11) is 3.94. The number of halogens is 1. The van der Waals surface area contributed by atoms with Crippen LogP contribution in [0.3, 0.4) is 0 Å². The number of nitrogens with zero attached hydrogens (tertiary/aromatic N) is 2. The van der Waals surface area contributed by atoms with E-state index in [1.54, 1.807) is 0 Å². The van der Waals surface area contributed by atoms with E-state index in [0.29, 0.717) is 5.41 Å². The second-order valence-corrected chi connectivity index (χ2v) is 6.39. The van der Waals surface area contributed by atoms with E-state index in [4.69, 9.17) is 0 Å². The highest BCUT2D eigenvalue weighted by molar-refractivity contribution is 14.0. The molecule has 0 atom stereocenters. The first-order valence-corrected chi connectivity index (χ1v) is 8.25. The summed E-state index contributed by atoms with van der Waals surface area (Å²) in [5.41, 5.74) is 3.03. The smallest absolute Gasteiger partial charge is 0.193 e. The Morgan fingerprint density at radius 3 is 2.17 bits per heavy atom. The fraction of sp³-hybridized carbons (Fsp3) is 0.350. The lowest BCUT2D eigenvalue weighted by Gasteiger charge is -2.25. The Balaban J connectivity index is 0.00000208. The van der Waals surface area contributed by atoms with Gasteiger partial charge in [0.1, 0.15) is 0 Å². The van der Waals surface area contributed by atoms with Gasteiger partial charge in [0.15, 0.2) is 5.96 Å². The minimum absolute atomic E-state index is 0. The van der Waals surface area contributed by atoms with Gasteiger partial charge in [0.25, 0.3) is 0 Å². The van der Waals surface area contributed by atoms with E-state index in [9.17, 15) is 0 Å². The summed E-state index contributed by atoms with van der Waals surface area (Å²) < 4.78 is 0. The van der Waals surface area contributed by atoms with Crippen molar-refractivity contribution in [3.63, 3.8) is 0 Å². The van der Waals surface area contributed by atoms with E-state index in [-0.39, 0.29) is 24.0 Å². The number of aliphatic imine (C=N–C) groups is 1. The number of guanidine groups is 1. The predicted molar refractivity (Wildman–Crippen MR) is 112 cm³/mol. The molecule has 1 saturated carbocycles. The van der Waals surface area contributed by atoms with Crippen molar-refractivity contribution in [3.8, 4) is 0 Å². The Kier molecular flexibility index (Phi) is 6.66. The van der Waals surface area contributed by atoms with Crippen LogP contribution < -0.4 is 5.32 Å². The third kappa shape index (κ3) is 4.50. The fourth-order valence-corrected chi connectivity index (χ4v) is 3.08. The average molecular weight is 435 g/mol. The monoisotopic (exact) mass is 435 g/mol. The molecule has 1 aliphatic carbocycles. The molecular formula is C20H26IN3. The second-order valence-electron chi connectivity index (χ2n) is 6.39. The van der Waals surface area contributed by atoms with E-state index in [1.165, 1.54) is 24.0 Å². The summed E-state index contributed by atoms with van der Waals surface area (Å²) in [5.74, 6) is 0.955. The zero-order valence-corrected chi connectivity index (χ0v) is 16.7. The van der Waals surface area contributed by atoms with Gasteiger partial charge >= 0.3 is 0 Å². The largest absolute Gasteiger partial charge is 0.355 e. The van der Waals surface area contributed by atoms with Crippen molar-refractivity contribution < 1.29 is 0 Å². The SMILES string of the molecule is CN=C(NCC1(c2ccccc2)CC1)N(C)Cc1ccccc1.I. The standard InChI is InChI=1S/C20H25N3.HI/c1-21-19(23(2)15-17-9-5-3-6-10-17)22-16-20(13-14-20)18-11-7-4-8-12-18;/h3-12H,13-16H2,1-2H3,(H,21,22);1H. The third-order valence-corrected chi connectivity index (χ3v) is 4.66. The molecule has 0 saturated heterocycles. The van der Waals surface area contributed by atoms with Crippen LogP contribution in [0.25, 0.3) is 0 Å². The summed E-state index contributed by atoms with van der Waals surface area (Å²) in [6.45, 7) is 1.81. The quantitative estimate of drug-likeness (QED) is 0.436. The molecule has 24 heavy (non-hydrogen) atoms. The zero-order chi connectivity index (χ0) is 16.1. The van der Waals surface area contributed by atoms with Gasteiger partial charge in [0, 0.05) is 32.6 Å². The van der Waals surface area contributed by atoms with Crippen LogP contribution in [-0.4, -0.2) is 31.5 Å². The molecule has 0 radical (unpaired) electrons. The average Bonchev–Trinajstić information content (AvgIpc) is 3.38. The van der Waals surface area contributed by atoms with Crippen LogP contribution in [0.5, 0.6) is 0 Å². The Morgan fingerprint density at radius 2 is 1.62 bits per heavy atom. The van der Waals surface area contributed by atoms with Gasteiger partial charge in [-0.3, -0.25) is 4.99 Å². The van der Waals surface area contributed by atoms with E-state index in [2.05, 4.69) is 76.9 Å². The summed E-state index contributed by atoms with van der Waals surface area (Å²) in [6.07, 6.45) is 2.51. The molecule has 0 bridgehead atoms. The highest BCUT2D eigenvalue weighted by atomic mass is 127. The van der Waals surface area contributed by atoms with Crippen LogP contribution in [0.2, 0.25) is 0 Å². The van der Waals surface area contributed by atoms with Gasteiger partial charge < -0.3 is 10.2 Å². The minimum Gasteiger partial charge on any atom is -0.355 e. The van der Waals surface area contributed by atoms with Gasteiger partial charge in [-0.05, 0) is 24.0 Å². The molecule has 3 nitrogen and oxygen atoms in total. The second kappa shape index (κ2) is 8.51. The van der Waals surface area contributed by atoms with E-state index < -0.39 is 0 Å². The molecule has 2 aromatic rings. The lowest BCUT2D eigenvalue weighted by molar-refractivity contribution is 0.470. The predicted octanol–water partition coefficient (Wildman–Crippen LogP) is 4.04. The number of rotatable bonds is 5. The van der Waals surface area contributed by atoms with E-state index in [0.717, 1.165) is 19.0 Å². The molecule has 4 heteroatoms. The number of benzene rings is 2. The van der Waals surface area contributed by atoms with Gasteiger partial charge in [-0.2, -0.15) is 0 Å². The fourth-order valence-electron chi connectivity index (χ4n) is 3.08. The normalized spacial score (nSPS) is 15.3. The summed E-state index contributed by atoms with van der Waals surface area (Å²) >= 11 is 0. The highest BCUT2D eigenvalue weighted by Crippen LogP contribution is 2.47. The van der Waals surface area contributed by atoms with Gasteiger partial charge in [-0.1, -0.05) is 60.7 Å². The van der Waals surface area contributed by atoms with Crippen molar-refractivity contribution in [1.29, 1.82) is 0 Å². The van der Waals surface area contributed by atoms with Gasteiger partial charge in [-0.25, -0.2) is 0 Å². The maximum atomic E-state index is 4.44. The summed E-state index contributed by atoms with van der Waals surface area (Å²) in [5, 5.41) is 3.57. The Bertz CT molecular complexity index is 651. The third-order valence-electron chi connectivity index (χ3n) is 4.66. The molecule has 0 aliphatic heterocycles. The molecule has 0 spiro atoms. The molecule has 1 N–H and O–H groups in total. The summed E-state index contributed by atoms with van der Waals surface area (Å²) in [4.78, 5) is 6.62. The molecule has 0 aromatic heterocycles. The molecule has 3 rings (SSSR count). The first-order valence-electron chi connectivity index (χ1n) is 8.25. The molecule has 0 amide bonds. The van der Waals surface area contributed by atoms with Crippen molar-refractivity contribution in [2.24, 2.45) is 4.99 Å². The molecule has 2 aromatic carbocycles. The van der Waals surface area contributed by atoms with Crippen LogP contribution in [0.15, 0.2) is 65.7 Å². The molecule has 1 fully saturated rings. The van der Waals surface area contributed by atoms with Crippen LogP contribution in [0.4, 0.5) is 0 Å². The summed E-state index contributed by atoms with van der Waals surface area (Å²) in [6, 6.07) is 21.3. The maximum Gasteiger partial charge on any atom is 0.193 e. The Morgan fingerprint density at radius 1 is 1.04 bits per heavy atom. The lowest BCUT2D eigenvalue weighted by atomic mass is 9.96. The molecule has 0 unspecified atom stereocenters. The van der Waals surface area contributed by atoms with E-state index >= 15 is 0 Å². The number of nitrogens with one attached hydrogen (secondary N) is 1. The number of hydrogen-bond acceptors (Lipinski definition) is 1. The van der Waals surface area contributed by atoms with Crippen molar-refractivity contribution in [2.45, 2.75) is 24.8 Å². The first kappa shape index (κ1) is 18.8. The molecule has 0 heterocycles. The van der Waals surface area contributed by atoms with Crippen LogP contribution in [0.1, 0.15) is 24.0 Å². The highest BCUT2D eigenvalue weighted by Gasteiger charge is 2.44. The minimum atomic E-state index is 0. The molecule has 1 aliphatic rings. The zero-order valence-electron chi connectivity index (χ0n) is 14.4. The molecule has 128 valence electrons. The van der Waals surface area contributed by atoms with Crippen LogP contribution in [0, 0.1) is 0 Å². The van der Waals surface area contributed by atoms with Gasteiger partial charge in [0.2, 0.25) is 0 Å². The topological polar surface area (TPSA) is 27.6 Å². The van der Waals surface area contributed by atoms with E-state index in [1.807, 2.05) is 13.1 Å². The maximum absolute atomic E-state index is 4.44. The lowest BCUT2D eigenvalue weighted by Crippen LogP contribution is -2.42. The van der Waals surface area contributed by atoms with Crippen molar-refractivity contribution in [1.82, 2.24) is 10.2 Å². The van der Waals surface area contributed by atoms with Crippen LogP contribution >= 0.6 is 24.0 Å². The molecular weight excluding hydrogens is 409 g/mol. The Labute approximate surface area is 162 Å². The van der Waals surface area contributed by atoms with Crippen molar-refractivity contribution in [3.05, 3.63) is 71.8 Å². The van der Waals surface area contributed by atoms with Crippen molar-refractivity contribution >= 4 is 29.9 Å². The van der Waals surface area contributed by atoms with Crippen molar-refractivity contribution in [2.75, 3.05) is 20.6 Å². The first-order chi connectivity index (χ1) is 11.2.